The fraction of sp³-hybridized carbons (Fsp3) is 0.500. The number of allylic oxidation sites excluding steroid dienone is 1. The molecule has 4 nitrogen and oxygen atoms in total. The van der Waals surface area contributed by atoms with E-state index >= 15 is 0 Å². The number of benzene rings is 1. The van der Waals surface area contributed by atoms with E-state index in [1.807, 2.05) is 0 Å². The van der Waals surface area contributed by atoms with E-state index in [4.69, 9.17) is 4.74 Å². The van der Waals surface area contributed by atoms with Gasteiger partial charge < -0.3 is 15.4 Å². The SMILES string of the molecule is COC1=C(NC2CCN(Cc3cccc(C(F)(F)F)c3)CC2)NCC(C(F)(F)F)=C1. The van der Waals surface area contributed by atoms with E-state index in [9.17, 15) is 26.3 Å². The highest BCUT2D eigenvalue weighted by atomic mass is 19.4. The molecular formula is C20H23F6N3O. The third kappa shape index (κ3) is 5.62. The first-order valence-corrected chi connectivity index (χ1v) is 9.51. The normalized spacial score (nSPS) is 19.4. The van der Waals surface area contributed by atoms with Gasteiger partial charge in [-0.25, -0.2) is 0 Å². The maximum atomic E-state index is 12.9. The van der Waals surface area contributed by atoms with Crippen LogP contribution in [0.5, 0.6) is 0 Å². The van der Waals surface area contributed by atoms with Crippen molar-refractivity contribution >= 4 is 0 Å². The fourth-order valence-electron chi connectivity index (χ4n) is 3.56. The molecule has 0 aromatic heterocycles. The molecule has 0 aliphatic carbocycles. The average molecular weight is 435 g/mol. The van der Waals surface area contributed by atoms with Crippen LogP contribution in [0.3, 0.4) is 0 Å². The van der Waals surface area contributed by atoms with Crippen LogP contribution in [0.15, 0.2) is 47.5 Å². The molecule has 0 atom stereocenters. The number of likely N-dealkylation sites (tertiary alicyclic amines) is 1. The van der Waals surface area contributed by atoms with Gasteiger partial charge in [-0.05, 0) is 30.5 Å². The lowest BCUT2D eigenvalue weighted by Crippen LogP contribution is -2.45. The minimum atomic E-state index is -4.42. The number of nitrogens with one attached hydrogen (secondary N) is 2. The third-order valence-corrected chi connectivity index (χ3v) is 5.19. The summed E-state index contributed by atoms with van der Waals surface area (Å²) in [5, 5.41) is 5.93. The van der Waals surface area contributed by atoms with Crippen LogP contribution in [0.4, 0.5) is 26.3 Å². The van der Waals surface area contributed by atoms with Crippen LogP contribution in [-0.4, -0.2) is 43.9 Å². The van der Waals surface area contributed by atoms with E-state index in [0.717, 1.165) is 18.2 Å². The lowest BCUT2D eigenvalue weighted by Gasteiger charge is -2.34. The van der Waals surface area contributed by atoms with Crippen LogP contribution >= 0.6 is 0 Å². The van der Waals surface area contributed by atoms with Gasteiger partial charge in [0.1, 0.15) is 5.82 Å². The van der Waals surface area contributed by atoms with Crippen LogP contribution in [0.2, 0.25) is 0 Å². The summed E-state index contributed by atoms with van der Waals surface area (Å²) < 4.78 is 82.3. The Hall–Kier alpha value is -2.36. The number of ether oxygens (including phenoxy) is 1. The van der Waals surface area contributed by atoms with Crippen molar-refractivity contribution in [1.29, 1.82) is 0 Å². The second-order valence-electron chi connectivity index (χ2n) is 7.36. The van der Waals surface area contributed by atoms with Crippen molar-refractivity contribution in [2.75, 3.05) is 26.7 Å². The van der Waals surface area contributed by atoms with Gasteiger partial charge in [0.25, 0.3) is 0 Å². The maximum absolute atomic E-state index is 12.9. The van der Waals surface area contributed by atoms with E-state index in [-0.39, 0.29) is 18.3 Å². The lowest BCUT2D eigenvalue weighted by molar-refractivity contribution is -0.137. The van der Waals surface area contributed by atoms with Gasteiger partial charge in [0.15, 0.2) is 5.76 Å². The van der Waals surface area contributed by atoms with E-state index in [1.54, 1.807) is 6.07 Å². The Balaban J connectivity index is 1.56. The molecule has 3 rings (SSSR count). The van der Waals surface area contributed by atoms with Gasteiger partial charge in [0.2, 0.25) is 0 Å². The highest BCUT2D eigenvalue weighted by Gasteiger charge is 2.36. The molecule has 166 valence electrons. The van der Waals surface area contributed by atoms with E-state index < -0.39 is 23.5 Å². The van der Waals surface area contributed by atoms with Crippen molar-refractivity contribution in [3.8, 4) is 0 Å². The summed E-state index contributed by atoms with van der Waals surface area (Å²) in [6, 6.07) is 5.32. The zero-order valence-electron chi connectivity index (χ0n) is 16.3. The molecule has 1 fully saturated rings. The molecule has 0 spiro atoms. The summed E-state index contributed by atoms with van der Waals surface area (Å²) in [7, 11) is 1.31. The summed E-state index contributed by atoms with van der Waals surface area (Å²) in [5.41, 5.74) is -0.773. The molecule has 0 amide bonds. The topological polar surface area (TPSA) is 36.5 Å². The number of halogens is 6. The number of piperidine rings is 1. The smallest absolute Gasteiger partial charge is 0.416 e. The standard InChI is InChI=1S/C20H23F6N3O/c1-30-17-10-15(20(24,25)26)11-27-18(17)28-16-5-7-29(8-6-16)12-13-3-2-4-14(9-13)19(21,22)23/h2-4,9-10,16,27-28H,5-8,11-12H2,1H3. The molecule has 30 heavy (non-hydrogen) atoms. The molecule has 1 saturated heterocycles. The summed E-state index contributed by atoms with van der Waals surface area (Å²) in [6.07, 6.45) is -6.39. The summed E-state index contributed by atoms with van der Waals surface area (Å²) >= 11 is 0. The number of hydrogen-bond donors (Lipinski definition) is 2. The monoisotopic (exact) mass is 435 g/mol. The van der Waals surface area contributed by atoms with Gasteiger partial charge in [-0.3, -0.25) is 4.90 Å². The van der Waals surface area contributed by atoms with Crippen molar-refractivity contribution < 1.29 is 31.1 Å². The van der Waals surface area contributed by atoms with Crippen LogP contribution in [0.25, 0.3) is 0 Å². The Bertz CT molecular complexity index is 807. The number of dihydropyridines is 1. The number of alkyl halides is 6. The Labute approximate surface area is 170 Å². The second kappa shape index (κ2) is 8.79. The van der Waals surface area contributed by atoms with Gasteiger partial charge in [0, 0.05) is 32.2 Å². The summed E-state index contributed by atoms with van der Waals surface area (Å²) in [5.74, 6) is 0.516. The maximum Gasteiger partial charge on any atom is 0.416 e. The molecule has 2 aliphatic rings. The second-order valence-corrected chi connectivity index (χ2v) is 7.36. The predicted molar refractivity (Wildman–Crippen MR) is 99.1 cm³/mol. The van der Waals surface area contributed by atoms with Crippen molar-refractivity contribution in [2.45, 2.75) is 37.8 Å². The minimum Gasteiger partial charge on any atom is -0.493 e. The van der Waals surface area contributed by atoms with E-state index in [0.29, 0.717) is 43.9 Å². The largest absolute Gasteiger partial charge is 0.493 e. The number of hydrogen-bond acceptors (Lipinski definition) is 4. The summed E-state index contributed by atoms with van der Waals surface area (Å²) in [4.78, 5) is 2.06. The molecule has 1 aromatic carbocycles. The van der Waals surface area contributed by atoms with Gasteiger partial charge in [0.05, 0.1) is 18.2 Å². The highest BCUT2D eigenvalue weighted by Crippen LogP contribution is 2.30. The molecule has 0 radical (unpaired) electrons. The first-order valence-electron chi connectivity index (χ1n) is 9.51. The average Bonchev–Trinajstić information content (AvgIpc) is 2.68. The van der Waals surface area contributed by atoms with Crippen LogP contribution in [0.1, 0.15) is 24.0 Å². The van der Waals surface area contributed by atoms with E-state index in [1.165, 1.54) is 13.2 Å². The molecule has 10 heteroatoms. The molecule has 0 unspecified atom stereocenters. The van der Waals surface area contributed by atoms with Gasteiger partial charge in [-0.2, -0.15) is 26.3 Å². The highest BCUT2D eigenvalue weighted by molar-refractivity contribution is 5.31. The number of rotatable bonds is 5. The number of methoxy groups -OCH3 is 1. The van der Waals surface area contributed by atoms with Crippen molar-refractivity contribution in [1.82, 2.24) is 15.5 Å². The minimum absolute atomic E-state index is 0.0243. The third-order valence-electron chi connectivity index (χ3n) is 5.19. The Morgan fingerprint density at radius 1 is 1.10 bits per heavy atom. The number of nitrogens with zero attached hydrogens (tertiary/aromatic N) is 1. The lowest BCUT2D eigenvalue weighted by atomic mass is 10.0. The zero-order valence-corrected chi connectivity index (χ0v) is 16.3. The zero-order chi connectivity index (χ0) is 21.9. The van der Waals surface area contributed by atoms with Crippen LogP contribution in [0, 0.1) is 0 Å². The van der Waals surface area contributed by atoms with Gasteiger partial charge >= 0.3 is 12.4 Å². The first-order chi connectivity index (χ1) is 14.1. The molecule has 2 heterocycles. The molecular weight excluding hydrogens is 412 g/mol. The van der Waals surface area contributed by atoms with Crippen molar-refractivity contribution in [3.05, 3.63) is 58.6 Å². The molecule has 0 saturated carbocycles. The molecule has 2 aliphatic heterocycles. The van der Waals surface area contributed by atoms with Crippen molar-refractivity contribution in [2.24, 2.45) is 0 Å². The fourth-order valence-corrected chi connectivity index (χ4v) is 3.56. The molecule has 2 N–H and O–H groups in total. The Morgan fingerprint density at radius 3 is 2.40 bits per heavy atom. The van der Waals surface area contributed by atoms with Crippen LogP contribution in [-0.2, 0) is 17.5 Å². The van der Waals surface area contributed by atoms with Crippen molar-refractivity contribution in [3.63, 3.8) is 0 Å². The van der Waals surface area contributed by atoms with Crippen LogP contribution < -0.4 is 10.6 Å². The quantitative estimate of drug-likeness (QED) is 0.681. The Morgan fingerprint density at radius 2 is 1.80 bits per heavy atom. The Kier molecular flexibility index (Phi) is 6.54. The summed E-state index contributed by atoms with van der Waals surface area (Å²) in [6.45, 7) is 1.39. The predicted octanol–water partition coefficient (Wildman–Crippen LogP) is 4.17. The first kappa shape index (κ1) is 22.3. The van der Waals surface area contributed by atoms with Gasteiger partial charge in [-0.15, -0.1) is 0 Å². The van der Waals surface area contributed by atoms with E-state index in [2.05, 4.69) is 15.5 Å². The molecule has 0 bridgehead atoms. The van der Waals surface area contributed by atoms with Gasteiger partial charge in [-0.1, -0.05) is 18.2 Å². The molecule has 1 aromatic rings.